The first-order chi connectivity index (χ1) is 15.7. The van der Waals surface area contributed by atoms with E-state index in [-0.39, 0.29) is 30.6 Å². The van der Waals surface area contributed by atoms with E-state index in [0.717, 1.165) is 49.1 Å². The average Bonchev–Trinajstić information content (AvgIpc) is 3.32. The van der Waals surface area contributed by atoms with Gasteiger partial charge in [-0.2, -0.15) is 0 Å². The van der Waals surface area contributed by atoms with Crippen molar-refractivity contribution in [2.75, 3.05) is 26.9 Å². The van der Waals surface area contributed by atoms with Crippen LogP contribution in [0.2, 0.25) is 0 Å². The van der Waals surface area contributed by atoms with E-state index in [2.05, 4.69) is 15.6 Å². The summed E-state index contributed by atoms with van der Waals surface area (Å²) in [6.45, 7) is 1.80. The number of aliphatic hydroxyl groups is 1. The molecular weight excluding hydrogens is 412 g/mol. The molecule has 0 saturated carbocycles. The normalized spacial score (nSPS) is 24.2. The van der Waals surface area contributed by atoms with E-state index in [9.17, 15) is 9.90 Å². The van der Waals surface area contributed by atoms with Crippen LogP contribution in [-0.4, -0.2) is 71.2 Å². The summed E-state index contributed by atoms with van der Waals surface area (Å²) in [7, 11) is 1.64. The average molecular weight is 445 g/mol. The van der Waals surface area contributed by atoms with Crippen molar-refractivity contribution in [2.45, 2.75) is 56.9 Å². The molecule has 3 heterocycles. The zero-order valence-corrected chi connectivity index (χ0v) is 18.5. The lowest BCUT2D eigenvalue weighted by Crippen LogP contribution is -2.52. The number of aryl methyl sites for hydroxylation is 1. The molecule has 0 aliphatic carbocycles. The number of methoxy groups -OCH3 is 1. The molecule has 0 unspecified atom stereocenters. The second kappa shape index (κ2) is 10.9. The molecule has 2 saturated heterocycles. The zero-order valence-electron chi connectivity index (χ0n) is 18.5. The highest BCUT2D eigenvalue weighted by Gasteiger charge is 2.33. The van der Waals surface area contributed by atoms with Gasteiger partial charge in [-0.1, -0.05) is 17.3 Å². The van der Waals surface area contributed by atoms with Crippen molar-refractivity contribution >= 4 is 5.91 Å². The van der Waals surface area contributed by atoms with Gasteiger partial charge in [0.15, 0.2) is 0 Å². The van der Waals surface area contributed by atoms with Gasteiger partial charge < -0.3 is 24.6 Å². The maximum Gasteiger partial charge on any atom is 0.223 e. The first-order valence-corrected chi connectivity index (χ1v) is 11.4. The van der Waals surface area contributed by atoms with Crippen LogP contribution in [-0.2, 0) is 20.8 Å². The van der Waals surface area contributed by atoms with Crippen LogP contribution in [0.5, 0.6) is 5.75 Å². The van der Waals surface area contributed by atoms with Crippen molar-refractivity contribution < 1.29 is 24.1 Å². The lowest BCUT2D eigenvalue weighted by Gasteiger charge is -2.37. The SMILES string of the molecule is COc1ccccc1-c1cn(CC[C@H]2CC[C@H](NC(=O)C3CCOCC3)[C@H](CO)O2)nn1. The standard InChI is InChI=1S/C23H32N4O5/c1-30-21-5-3-2-4-18(21)20-14-27(26-25-20)11-8-17-6-7-19(22(15-28)32-17)24-23(29)16-9-12-31-13-10-16/h2-5,14,16-17,19,22,28H,6-13,15H2,1H3,(H,24,29)/t17-,19+,22+/m1/s1. The molecule has 9 nitrogen and oxygen atoms in total. The number of rotatable bonds is 8. The van der Waals surface area contributed by atoms with Gasteiger partial charge in [0.25, 0.3) is 0 Å². The van der Waals surface area contributed by atoms with Gasteiger partial charge in [0.1, 0.15) is 17.5 Å². The van der Waals surface area contributed by atoms with Gasteiger partial charge in [-0.15, -0.1) is 5.10 Å². The second-order valence-electron chi connectivity index (χ2n) is 8.41. The molecule has 3 atom stereocenters. The molecule has 2 aliphatic heterocycles. The molecule has 174 valence electrons. The van der Waals surface area contributed by atoms with E-state index >= 15 is 0 Å². The minimum Gasteiger partial charge on any atom is -0.496 e. The van der Waals surface area contributed by atoms with E-state index in [1.807, 2.05) is 30.5 Å². The Hall–Kier alpha value is -2.49. The third kappa shape index (κ3) is 5.46. The summed E-state index contributed by atoms with van der Waals surface area (Å²) in [5, 5.41) is 21.4. The molecular formula is C23H32N4O5. The number of carbonyl (C=O) groups is 1. The number of benzene rings is 1. The summed E-state index contributed by atoms with van der Waals surface area (Å²) < 4.78 is 18.7. The van der Waals surface area contributed by atoms with Crippen LogP contribution in [0.4, 0.5) is 0 Å². The van der Waals surface area contributed by atoms with Crippen LogP contribution in [0.15, 0.2) is 30.5 Å². The van der Waals surface area contributed by atoms with E-state index in [4.69, 9.17) is 14.2 Å². The van der Waals surface area contributed by atoms with Gasteiger partial charge >= 0.3 is 0 Å². The maximum atomic E-state index is 12.6. The topological polar surface area (TPSA) is 108 Å². The van der Waals surface area contributed by atoms with Crippen LogP contribution in [0.25, 0.3) is 11.3 Å². The predicted molar refractivity (Wildman–Crippen MR) is 117 cm³/mol. The molecule has 2 N–H and O–H groups in total. The number of aliphatic hydroxyl groups excluding tert-OH is 1. The summed E-state index contributed by atoms with van der Waals surface area (Å²) in [5.74, 6) is 0.797. The number of nitrogens with zero attached hydrogens (tertiary/aromatic N) is 3. The number of hydrogen-bond donors (Lipinski definition) is 2. The summed E-state index contributed by atoms with van der Waals surface area (Å²) in [6, 6.07) is 7.56. The Morgan fingerprint density at radius 2 is 2.06 bits per heavy atom. The van der Waals surface area contributed by atoms with Gasteiger partial charge in [-0.05, 0) is 44.2 Å². The molecule has 2 aliphatic rings. The first kappa shape index (κ1) is 22.7. The molecule has 1 aromatic heterocycles. The lowest BCUT2D eigenvalue weighted by molar-refractivity contribution is -0.134. The fourth-order valence-electron chi connectivity index (χ4n) is 4.43. The van der Waals surface area contributed by atoms with E-state index in [0.29, 0.717) is 19.8 Å². The number of para-hydroxylation sites is 1. The van der Waals surface area contributed by atoms with Crippen molar-refractivity contribution in [1.29, 1.82) is 0 Å². The first-order valence-electron chi connectivity index (χ1n) is 11.4. The van der Waals surface area contributed by atoms with Crippen LogP contribution in [0.3, 0.4) is 0 Å². The summed E-state index contributed by atoms with van der Waals surface area (Å²) >= 11 is 0. The van der Waals surface area contributed by atoms with Gasteiger partial charge in [0.05, 0.1) is 32.1 Å². The molecule has 4 rings (SSSR count). The van der Waals surface area contributed by atoms with Gasteiger partial charge in [0, 0.05) is 31.2 Å². The van der Waals surface area contributed by atoms with E-state index in [1.54, 1.807) is 11.8 Å². The Balaban J connectivity index is 1.28. The Morgan fingerprint density at radius 1 is 1.25 bits per heavy atom. The highest BCUT2D eigenvalue weighted by molar-refractivity contribution is 5.79. The highest BCUT2D eigenvalue weighted by atomic mass is 16.5. The van der Waals surface area contributed by atoms with Gasteiger partial charge in [-0.25, -0.2) is 0 Å². The third-order valence-corrected chi connectivity index (χ3v) is 6.32. The number of aromatic nitrogens is 3. The number of ether oxygens (including phenoxy) is 3. The van der Waals surface area contributed by atoms with Crippen LogP contribution >= 0.6 is 0 Å². The number of amides is 1. The smallest absolute Gasteiger partial charge is 0.223 e. The molecule has 0 radical (unpaired) electrons. The number of nitrogens with one attached hydrogen (secondary N) is 1. The molecule has 1 aromatic carbocycles. The molecule has 2 fully saturated rings. The van der Waals surface area contributed by atoms with Crippen molar-refractivity contribution in [3.8, 4) is 17.0 Å². The van der Waals surface area contributed by atoms with Gasteiger partial charge in [0.2, 0.25) is 5.91 Å². The van der Waals surface area contributed by atoms with Crippen molar-refractivity contribution in [3.63, 3.8) is 0 Å². The Labute approximate surface area is 188 Å². The largest absolute Gasteiger partial charge is 0.496 e. The predicted octanol–water partition coefficient (Wildman–Crippen LogP) is 1.80. The summed E-state index contributed by atoms with van der Waals surface area (Å²) in [6.07, 6.45) is 5.38. The van der Waals surface area contributed by atoms with Crippen molar-refractivity contribution in [1.82, 2.24) is 20.3 Å². The molecule has 1 amide bonds. The Kier molecular flexibility index (Phi) is 7.72. The minimum absolute atomic E-state index is 0.00212. The number of hydrogen-bond acceptors (Lipinski definition) is 7. The lowest BCUT2D eigenvalue weighted by atomic mass is 9.94. The van der Waals surface area contributed by atoms with Crippen LogP contribution in [0.1, 0.15) is 32.1 Å². The quantitative estimate of drug-likeness (QED) is 0.639. The summed E-state index contributed by atoms with van der Waals surface area (Å²) in [5.41, 5.74) is 1.66. The molecule has 0 bridgehead atoms. The Bertz CT molecular complexity index is 883. The van der Waals surface area contributed by atoms with Crippen LogP contribution < -0.4 is 10.1 Å². The molecule has 9 heteroatoms. The van der Waals surface area contributed by atoms with E-state index in [1.165, 1.54) is 0 Å². The second-order valence-corrected chi connectivity index (χ2v) is 8.41. The highest BCUT2D eigenvalue weighted by Crippen LogP contribution is 2.28. The van der Waals surface area contributed by atoms with Crippen molar-refractivity contribution in [3.05, 3.63) is 30.5 Å². The summed E-state index contributed by atoms with van der Waals surface area (Å²) in [4.78, 5) is 12.6. The van der Waals surface area contributed by atoms with Crippen LogP contribution in [0, 0.1) is 5.92 Å². The molecule has 0 spiro atoms. The maximum absolute atomic E-state index is 12.6. The van der Waals surface area contributed by atoms with Gasteiger partial charge in [-0.3, -0.25) is 9.48 Å². The fourth-order valence-corrected chi connectivity index (χ4v) is 4.43. The Morgan fingerprint density at radius 3 is 2.84 bits per heavy atom. The zero-order chi connectivity index (χ0) is 22.3. The van der Waals surface area contributed by atoms with Crippen molar-refractivity contribution in [2.24, 2.45) is 5.92 Å². The molecule has 2 aromatic rings. The minimum atomic E-state index is -0.391. The monoisotopic (exact) mass is 444 g/mol. The number of carbonyl (C=O) groups excluding carboxylic acids is 1. The molecule has 32 heavy (non-hydrogen) atoms. The third-order valence-electron chi connectivity index (χ3n) is 6.32. The fraction of sp³-hybridized carbons (Fsp3) is 0.609. The van der Waals surface area contributed by atoms with E-state index < -0.39 is 6.10 Å².